The lowest BCUT2D eigenvalue weighted by molar-refractivity contribution is -0.137. The Morgan fingerprint density at radius 3 is 3.00 bits per heavy atom. The van der Waals surface area contributed by atoms with Crippen LogP contribution in [0.4, 0.5) is 5.82 Å². The van der Waals surface area contributed by atoms with Crippen LogP contribution in [0.15, 0.2) is 42.7 Å². The summed E-state index contributed by atoms with van der Waals surface area (Å²) in [5, 5.41) is 11.3. The third-order valence-electron chi connectivity index (χ3n) is 4.36. The molecule has 28 heavy (non-hydrogen) atoms. The molecule has 8 heteroatoms. The Morgan fingerprint density at radius 1 is 1.36 bits per heavy atom. The number of amides is 1. The van der Waals surface area contributed by atoms with Crippen LogP contribution in [0.1, 0.15) is 16.1 Å². The van der Waals surface area contributed by atoms with Crippen LogP contribution in [-0.4, -0.2) is 50.0 Å². The van der Waals surface area contributed by atoms with E-state index < -0.39 is 18.5 Å². The molecular weight excluding hydrogens is 374 g/mol. The minimum atomic E-state index is -2.60. The van der Waals surface area contributed by atoms with Gasteiger partial charge < -0.3 is 15.7 Å². The molecule has 0 spiro atoms. The summed E-state index contributed by atoms with van der Waals surface area (Å²) >= 11 is 0. The molecular formula is C20H19N5O2S. The van der Waals surface area contributed by atoms with Crippen LogP contribution < -0.4 is 5.73 Å². The number of nitrogen functional groups attached to an aromatic ring is 1. The summed E-state index contributed by atoms with van der Waals surface area (Å²) in [6, 6.07) is 8.72. The standard InChI is InChI=1S/C20H17N5O2.H2S/c1-25-10-8-20(27,19(25)26)7-5-13-3-2-4-14(11-13)18-23-12-15-6-9-22-17(21)16(15)24-18;/h2-4,6,9,11-12,27H,8,10H2,1H3,(H2,21,22);1H2/t20-;/m0./s1/i1D3;. The number of rotatable bonds is 1. The van der Waals surface area contributed by atoms with E-state index in [9.17, 15) is 9.90 Å². The van der Waals surface area contributed by atoms with Gasteiger partial charge in [0.15, 0.2) is 5.82 Å². The molecule has 1 fully saturated rings. The number of hydrogen-bond donors (Lipinski definition) is 2. The maximum atomic E-state index is 12.3. The lowest BCUT2D eigenvalue weighted by Gasteiger charge is -2.13. The van der Waals surface area contributed by atoms with Crippen molar-refractivity contribution in [3.63, 3.8) is 0 Å². The summed E-state index contributed by atoms with van der Waals surface area (Å²) < 4.78 is 22.1. The number of anilines is 1. The highest BCUT2D eigenvalue weighted by atomic mass is 32.1. The molecule has 7 nitrogen and oxygen atoms in total. The van der Waals surface area contributed by atoms with Gasteiger partial charge in [-0.15, -0.1) is 0 Å². The highest BCUT2D eigenvalue weighted by molar-refractivity contribution is 7.59. The zero-order valence-corrected chi connectivity index (χ0v) is 15.7. The van der Waals surface area contributed by atoms with Gasteiger partial charge in [0, 0.05) is 53.0 Å². The second-order valence-corrected chi connectivity index (χ2v) is 6.23. The quantitative estimate of drug-likeness (QED) is 0.601. The Kier molecular flexibility index (Phi) is 4.23. The molecule has 0 bridgehead atoms. The van der Waals surface area contributed by atoms with Crippen molar-refractivity contribution in [1.29, 1.82) is 0 Å². The van der Waals surface area contributed by atoms with Crippen molar-refractivity contribution in [3.8, 4) is 23.2 Å². The Balaban J connectivity index is 0.00000272. The van der Waals surface area contributed by atoms with Crippen molar-refractivity contribution < 1.29 is 14.0 Å². The number of likely N-dealkylation sites (N-methyl/N-ethyl adjacent to an activating group) is 1. The van der Waals surface area contributed by atoms with Gasteiger partial charge >= 0.3 is 0 Å². The molecule has 1 aromatic carbocycles. The molecule has 3 aromatic rings. The summed E-state index contributed by atoms with van der Waals surface area (Å²) in [5.74, 6) is 5.12. The Hall–Kier alpha value is -3.15. The smallest absolute Gasteiger partial charge is 0.267 e. The maximum Gasteiger partial charge on any atom is 0.267 e. The first-order valence-electron chi connectivity index (χ1n) is 9.73. The van der Waals surface area contributed by atoms with Crippen molar-refractivity contribution >= 4 is 36.1 Å². The van der Waals surface area contributed by atoms with Gasteiger partial charge in [-0.1, -0.05) is 24.0 Å². The number of fused-ring (bicyclic) bond motifs is 1. The van der Waals surface area contributed by atoms with Gasteiger partial charge in [0.25, 0.3) is 5.91 Å². The topological polar surface area (TPSA) is 105 Å². The molecule has 0 saturated carbocycles. The Labute approximate surface area is 173 Å². The third kappa shape index (κ3) is 3.50. The predicted molar refractivity (Wildman–Crippen MR) is 112 cm³/mol. The molecule has 3 N–H and O–H groups in total. The van der Waals surface area contributed by atoms with E-state index in [4.69, 9.17) is 9.85 Å². The fourth-order valence-corrected chi connectivity index (χ4v) is 2.85. The van der Waals surface area contributed by atoms with Gasteiger partial charge in [-0.25, -0.2) is 15.0 Å². The number of aliphatic hydroxyl groups is 1. The van der Waals surface area contributed by atoms with E-state index >= 15 is 0 Å². The third-order valence-corrected chi connectivity index (χ3v) is 4.36. The first-order chi connectivity index (χ1) is 14.2. The van der Waals surface area contributed by atoms with Gasteiger partial charge in [-0.3, -0.25) is 4.79 Å². The Morgan fingerprint density at radius 2 is 2.21 bits per heavy atom. The molecule has 4 rings (SSSR count). The van der Waals surface area contributed by atoms with Crippen LogP contribution in [0.25, 0.3) is 22.3 Å². The number of likely N-dealkylation sites (tertiary alicyclic amines) is 1. The van der Waals surface area contributed by atoms with E-state index in [-0.39, 0.29) is 26.5 Å². The molecule has 1 atom stereocenters. The van der Waals surface area contributed by atoms with E-state index in [0.29, 0.717) is 33.2 Å². The molecule has 1 amide bonds. The monoisotopic (exact) mass is 396 g/mol. The zero-order chi connectivity index (χ0) is 21.5. The number of aromatic nitrogens is 3. The predicted octanol–water partition coefficient (Wildman–Crippen LogP) is 1.33. The largest absolute Gasteiger partial charge is 0.382 e. The summed E-state index contributed by atoms with van der Waals surface area (Å²) in [5.41, 5.74) is 5.59. The molecule has 2 aromatic heterocycles. The highest BCUT2D eigenvalue weighted by Gasteiger charge is 2.42. The molecule has 1 aliphatic heterocycles. The number of carbonyl (C=O) groups is 1. The number of nitrogens with two attached hydrogens (primary N) is 1. The van der Waals surface area contributed by atoms with Crippen LogP contribution in [0.3, 0.4) is 0 Å². The lowest BCUT2D eigenvalue weighted by Crippen LogP contribution is -2.37. The van der Waals surface area contributed by atoms with Gasteiger partial charge in [-0.2, -0.15) is 13.5 Å². The number of pyridine rings is 1. The minimum Gasteiger partial charge on any atom is -0.382 e. The molecule has 0 aliphatic carbocycles. The van der Waals surface area contributed by atoms with Gasteiger partial charge in [0.05, 0.1) is 0 Å². The second kappa shape index (κ2) is 7.46. The van der Waals surface area contributed by atoms with Crippen molar-refractivity contribution in [2.75, 3.05) is 19.3 Å². The SMILES string of the molecule is S.[2H]C([2H])([2H])N1CC[C@@](O)(C#Cc2cccc(-c3ncc4ccnc(N)c4n3)c2)C1=O. The Bertz CT molecular complexity index is 1220. The molecule has 0 unspecified atom stereocenters. The lowest BCUT2D eigenvalue weighted by atomic mass is 10.0. The van der Waals surface area contributed by atoms with E-state index in [2.05, 4.69) is 26.8 Å². The number of carbonyl (C=O) groups excluding carboxylic acids is 1. The summed E-state index contributed by atoms with van der Waals surface area (Å²) in [7, 11) is 0. The van der Waals surface area contributed by atoms with Crippen molar-refractivity contribution in [3.05, 3.63) is 48.3 Å². The molecule has 3 heterocycles. The van der Waals surface area contributed by atoms with Crippen LogP contribution in [0.5, 0.6) is 0 Å². The van der Waals surface area contributed by atoms with Crippen molar-refractivity contribution in [1.82, 2.24) is 19.9 Å². The molecule has 142 valence electrons. The average molecular weight is 396 g/mol. The summed E-state index contributed by atoms with van der Waals surface area (Å²) in [6.07, 6.45) is 3.16. The van der Waals surface area contributed by atoms with Gasteiger partial charge in [-0.05, 0) is 18.2 Å². The number of nitrogens with zero attached hydrogens (tertiary/aromatic N) is 4. The van der Waals surface area contributed by atoms with Crippen LogP contribution in [-0.2, 0) is 4.79 Å². The molecule has 1 saturated heterocycles. The molecule has 0 radical (unpaired) electrons. The minimum absolute atomic E-state index is 0. The van der Waals surface area contributed by atoms with Gasteiger partial charge in [0.2, 0.25) is 5.60 Å². The maximum absolute atomic E-state index is 12.3. The number of benzene rings is 1. The fourth-order valence-electron chi connectivity index (χ4n) is 2.85. The summed E-state index contributed by atoms with van der Waals surface area (Å²) in [4.78, 5) is 25.8. The number of hydrogen-bond acceptors (Lipinski definition) is 6. The van der Waals surface area contributed by atoms with E-state index in [1.54, 1.807) is 42.7 Å². The van der Waals surface area contributed by atoms with Crippen LogP contribution in [0.2, 0.25) is 0 Å². The van der Waals surface area contributed by atoms with Gasteiger partial charge in [0.1, 0.15) is 11.3 Å². The van der Waals surface area contributed by atoms with Crippen molar-refractivity contribution in [2.45, 2.75) is 12.0 Å². The normalized spacial score (nSPS) is 20.5. The second-order valence-electron chi connectivity index (χ2n) is 6.23. The molecule has 1 aliphatic rings. The van der Waals surface area contributed by atoms with Crippen molar-refractivity contribution in [2.24, 2.45) is 0 Å². The first-order valence-corrected chi connectivity index (χ1v) is 8.23. The highest BCUT2D eigenvalue weighted by Crippen LogP contribution is 2.23. The zero-order valence-electron chi connectivity index (χ0n) is 17.7. The first kappa shape index (κ1) is 15.9. The summed E-state index contributed by atoms with van der Waals surface area (Å²) in [6.45, 7) is -2.69. The average Bonchev–Trinajstić information content (AvgIpc) is 3.02. The van der Waals surface area contributed by atoms with Crippen LogP contribution >= 0.6 is 13.5 Å². The fraction of sp³-hybridized carbons (Fsp3) is 0.200. The van der Waals surface area contributed by atoms with Crippen LogP contribution in [0, 0.1) is 11.8 Å². The van der Waals surface area contributed by atoms with E-state index in [0.717, 1.165) is 5.39 Å². The van der Waals surface area contributed by atoms with E-state index in [1.807, 2.05) is 0 Å². The van der Waals surface area contributed by atoms with E-state index in [1.165, 1.54) is 0 Å².